The minimum absolute atomic E-state index is 0.648. The van der Waals surface area contributed by atoms with Crippen molar-refractivity contribution in [1.29, 1.82) is 0 Å². The van der Waals surface area contributed by atoms with Gasteiger partial charge in [0.05, 0.1) is 11.6 Å². The Morgan fingerprint density at radius 3 is 2.70 bits per heavy atom. The van der Waals surface area contributed by atoms with E-state index in [0.717, 1.165) is 32.8 Å². The van der Waals surface area contributed by atoms with Crippen LogP contribution in [0.15, 0.2) is 40.9 Å². The van der Waals surface area contributed by atoms with Gasteiger partial charge in [0.2, 0.25) is 0 Å². The number of benzene rings is 1. The van der Waals surface area contributed by atoms with Crippen molar-refractivity contribution in [2.75, 3.05) is 12.8 Å². The van der Waals surface area contributed by atoms with Gasteiger partial charge in [0.1, 0.15) is 22.9 Å². The van der Waals surface area contributed by atoms with E-state index in [0.29, 0.717) is 5.82 Å². The number of ether oxygens (including phenoxy) is 1. The van der Waals surface area contributed by atoms with Gasteiger partial charge in [-0.15, -0.1) is 0 Å². The molecule has 0 aliphatic heterocycles. The lowest BCUT2D eigenvalue weighted by atomic mass is 10.1. The van der Waals surface area contributed by atoms with E-state index in [1.807, 2.05) is 47.7 Å². The molecule has 3 aromatic rings. The van der Waals surface area contributed by atoms with Gasteiger partial charge in [0, 0.05) is 11.3 Å². The van der Waals surface area contributed by atoms with Crippen molar-refractivity contribution >= 4 is 27.4 Å². The molecule has 0 spiro atoms. The predicted molar refractivity (Wildman–Crippen MR) is 84.0 cm³/mol. The van der Waals surface area contributed by atoms with Crippen molar-refractivity contribution < 1.29 is 4.74 Å². The van der Waals surface area contributed by atoms with Gasteiger partial charge in [-0.25, -0.2) is 4.98 Å². The van der Waals surface area contributed by atoms with E-state index in [2.05, 4.69) is 20.9 Å². The van der Waals surface area contributed by atoms with Gasteiger partial charge in [0.15, 0.2) is 0 Å². The van der Waals surface area contributed by atoms with Gasteiger partial charge in [-0.2, -0.15) is 0 Å². The number of nitrogens with two attached hydrogens (primary N) is 1. The van der Waals surface area contributed by atoms with Crippen LogP contribution in [0.2, 0.25) is 0 Å². The van der Waals surface area contributed by atoms with Crippen LogP contribution in [0.5, 0.6) is 5.75 Å². The zero-order chi connectivity index (χ0) is 14.3. The number of fused-ring (bicyclic) bond motifs is 1. The first-order valence-corrected chi connectivity index (χ1v) is 6.98. The number of nitrogen functional groups attached to an aromatic ring is 1. The monoisotopic (exact) mass is 331 g/mol. The van der Waals surface area contributed by atoms with E-state index in [1.165, 1.54) is 0 Å². The molecule has 0 radical (unpaired) electrons. The third kappa shape index (κ3) is 1.94. The van der Waals surface area contributed by atoms with Gasteiger partial charge >= 0.3 is 0 Å². The lowest BCUT2D eigenvalue weighted by Crippen LogP contribution is -1.97. The first kappa shape index (κ1) is 13.0. The number of nitrogens with zero attached hydrogens (tertiary/aromatic N) is 2. The smallest absolute Gasteiger partial charge is 0.139 e. The van der Waals surface area contributed by atoms with Gasteiger partial charge in [-0.1, -0.05) is 6.07 Å². The summed E-state index contributed by atoms with van der Waals surface area (Å²) in [4.78, 5) is 4.62. The zero-order valence-electron chi connectivity index (χ0n) is 11.2. The summed E-state index contributed by atoms with van der Waals surface area (Å²) < 4.78 is 8.07. The number of pyridine rings is 1. The Hall–Kier alpha value is -2.01. The van der Waals surface area contributed by atoms with E-state index >= 15 is 0 Å². The van der Waals surface area contributed by atoms with Crippen LogP contribution in [0.25, 0.3) is 16.9 Å². The molecule has 0 amide bonds. The summed E-state index contributed by atoms with van der Waals surface area (Å²) in [5, 5.41) is 0. The molecule has 0 unspecified atom stereocenters. The Kier molecular flexibility index (Phi) is 3.14. The van der Waals surface area contributed by atoms with Crippen LogP contribution in [-0.2, 0) is 0 Å². The summed E-state index contributed by atoms with van der Waals surface area (Å²) in [6.45, 7) is 2.01. The standard InChI is InChI=1S/C15H14BrN3O/c1-9-4-3-5-13-18-14(15(17)19(9)13)10-6-7-12(20-2)11(16)8-10/h3-8H,17H2,1-2H3. The highest BCUT2D eigenvalue weighted by Crippen LogP contribution is 2.33. The molecule has 0 aliphatic carbocycles. The SMILES string of the molecule is COc1ccc(-c2nc3cccc(C)n3c2N)cc1Br. The number of hydrogen-bond acceptors (Lipinski definition) is 3. The van der Waals surface area contributed by atoms with Crippen LogP contribution in [0.3, 0.4) is 0 Å². The summed E-state index contributed by atoms with van der Waals surface area (Å²) in [7, 11) is 1.64. The zero-order valence-corrected chi connectivity index (χ0v) is 12.8. The van der Waals surface area contributed by atoms with Crippen LogP contribution in [0, 0.1) is 6.92 Å². The maximum Gasteiger partial charge on any atom is 0.139 e. The maximum atomic E-state index is 6.25. The fourth-order valence-electron chi connectivity index (χ4n) is 2.31. The molecule has 2 heterocycles. The molecule has 1 aromatic carbocycles. The number of aromatic nitrogens is 2. The Morgan fingerprint density at radius 2 is 2.05 bits per heavy atom. The molecule has 3 rings (SSSR count). The fraction of sp³-hybridized carbons (Fsp3) is 0.133. The molecule has 0 saturated carbocycles. The van der Waals surface area contributed by atoms with E-state index < -0.39 is 0 Å². The number of hydrogen-bond donors (Lipinski definition) is 1. The van der Waals surface area contributed by atoms with Crippen LogP contribution >= 0.6 is 15.9 Å². The molecule has 0 bridgehead atoms. The van der Waals surface area contributed by atoms with Gasteiger partial charge in [-0.3, -0.25) is 4.40 Å². The van der Waals surface area contributed by atoms with Crippen molar-refractivity contribution in [1.82, 2.24) is 9.38 Å². The molecule has 2 aromatic heterocycles. The van der Waals surface area contributed by atoms with E-state index in [4.69, 9.17) is 10.5 Å². The Morgan fingerprint density at radius 1 is 1.25 bits per heavy atom. The predicted octanol–water partition coefficient (Wildman–Crippen LogP) is 3.66. The molecule has 0 atom stereocenters. The summed E-state index contributed by atoms with van der Waals surface area (Å²) in [5.74, 6) is 1.43. The van der Waals surface area contributed by atoms with Crippen LogP contribution in [-0.4, -0.2) is 16.5 Å². The first-order valence-electron chi connectivity index (χ1n) is 6.19. The maximum absolute atomic E-state index is 6.25. The Bertz CT molecular complexity index is 795. The van der Waals surface area contributed by atoms with Crippen LogP contribution in [0.1, 0.15) is 5.69 Å². The van der Waals surface area contributed by atoms with Gasteiger partial charge in [0.25, 0.3) is 0 Å². The quantitative estimate of drug-likeness (QED) is 0.779. The van der Waals surface area contributed by atoms with Crippen molar-refractivity contribution in [2.45, 2.75) is 6.92 Å². The molecule has 5 heteroatoms. The fourth-order valence-corrected chi connectivity index (χ4v) is 2.85. The van der Waals surface area contributed by atoms with Crippen LogP contribution in [0.4, 0.5) is 5.82 Å². The number of methoxy groups -OCH3 is 1. The molecular weight excluding hydrogens is 318 g/mol. The van der Waals surface area contributed by atoms with E-state index in [1.54, 1.807) is 7.11 Å². The second kappa shape index (κ2) is 4.83. The van der Waals surface area contributed by atoms with Gasteiger partial charge in [-0.05, 0) is 53.2 Å². The largest absolute Gasteiger partial charge is 0.496 e. The lowest BCUT2D eigenvalue weighted by Gasteiger charge is -2.05. The molecule has 4 nitrogen and oxygen atoms in total. The average molecular weight is 332 g/mol. The number of imidazole rings is 1. The highest BCUT2D eigenvalue weighted by molar-refractivity contribution is 9.10. The van der Waals surface area contributed by atoms with Crippen molar-refractivity contribution in [3.05, 3.63) is 46.6 Å². The molecular formula is C15H14BrN3O. The van der Waals surface area contributed by atoms with Gasteiger partial charge < -0.3 is 10.5 Å². The van der Waals surface area contributed by atoms with Crippen LogP contribution < -0.4 is 10.5 Å². The number of rotatable bonds is 2. The minimum Gasteiger partial charge on any atom is -0.496 e. The second-order valence-electron chi connectivity index (χ2n) is 4.56. The highest BCUT2D eigenvalue weighted by Gasteiger charge is 2.13. The first-order chi connectivity index (χ1) is 9.61. The topological polar surface area (TPSA) is 52.5 Å². The lowest BCUT2D eigenvalue weighted by molar-refractivity contribution is 0.412. The third-order valence-electron chi connectivity index (χ3n) is 3.30. The minimum atomic E-state index is 0.648. The highest BCUT2D eigenvalue weighted by atomic mass is 79.9. The molecule has 0 saturated heterocycles. The average Bonchev–Trinajstić information content (AvgIpc) is 2.77. The summed E-state index contributed by atoms with van der Waals surface area (Å²) in [5.41, 5.74) is 9.90. The summed E-state index contributed by atoms with van der Waals surface area (Å²) in [6.07, 6.45) is 0. The Balaban J connectivity index is 2.22. The molecule has 2 N–H and O–H groups in total. The van der Waals surface area contributed by atoms with Crippen molar-refractivity contribution in [2.24, 2.45) is 0 Å². The number of halogens is 1. The third-order valence-corrected chi connectivity index (χ3v) is 3.92. The van der Waals surface area contributed by atoms with Crippen molar-refractivity contribution in [3.8, 4) is 17.0 Å². The molecule has 20 heavy (non-hydrogen) atoms. The van der Waals surface area contributed by atoms with E-state index in [9.17, 15) is 0 Å². The summed E-state index contributed by atoms with van der Waals surface area (Å²) in [6, 6.07) is 11.8. The number of aryl methyl sites for hydroxylation is 1. The Labute approximate surface area is 125 Å². The molecule has 102 valence electrons. The normalized spacial score (nSPS) is 10.9. The molecule has 0 aliphatic rings. The van der Waals surface area contributed by atoms with Crippen molar-refractivity contribution in [3.63, 3.8) is 0 Å². The number of anilines is 1. The van der Waals surface area contributed by atoms with E-state index in [-0.39, 0.29) is 0 Å². The second-order valence-corrected chi connectivity index (χ2v) is 5.41. The summed E-state index contributed by atoms with van der Waals surface area (Å²) >= 11 is 3.49. The molecule has 0 fully saturated rings.